The van der Waals surface area contributed by atoms with E-state index in [1.165, 1.54) is 10.0 Å². The Kier molecular flexibility index (Phi) is 7.54. The van der Waals surface area contributed by atoms with Crippen molar-refractivity contribution in [3.63, 3.8) is 0 Å². The summed E-state index contributed by atoms with van der Waals surface area (Å²) in [6.07, 6.45) is 0.0702. The summed E-state index contributed by atoms with van der Waals surface area (Å²) in [6.45, 7) is 0. The number of hydrogen-bond acceptors (Lipinski definition) is 4. The van der Waals surface area contributed by atoms with Gasteiger partial charge < -0.3 is 0 Å². The number of rotatable bonds is 9. The van der Waals surface area contributed by atoms with Crippen LogP contribution in [0.3, 0.4) is 0 Å². The van der Waals surface area contributed by atoms with Crippen molar-refractivity contribution in [3.05, 3.63) is 121 Å². The van der Waals surface area contributed by atoms with Crippen LogP contribution >= 0.6 is 0 Å². The van der Waals surface area contributed by atoms with Crippen LogP contribution in [0.4, 0.5) is 22.7 Å². The van der Waals surface area contributed by atoms with Crippen LogP contribution in [0.15, 0.2) is 121 Å². The summed E-state index contributed by atoms with van der Waals surface area (Å²) >= 11 is 0. The molecule has 0 atom stereocenters. The van der Waals surface area contributed by atoms with E-state index in [1.807, 2.05) is 121 Å². The normalized spacial score (nSPS) is 10.2. The van der Waals surface area contributed by atoms with Crippen molar-refractivity contribution < 1.29 is 9.59 Å². The van der Waals surface area contributed by atoms with Gasteiger partial charge in [-0.15, -0.1) is 0 Å². The number of nitrogens with one attached hydrogen (secondary N) is 2. The summed E-state index contributed by atoms with van der Waals surface area (Å²) < 4.78 is 0. The zero-order valence-electron chi connectivity index (χ0n) is 18.7. The average Bonchev–Trinajstić information content (AvgIpc) is 2.91. The zero-order chi connectivity index (χ0) is 23.6. The number of carbonyl (C=O) groups excluding carboxylic acids is 2. The Morgan fingerprint density at radius 1 is 0.471 bits per heavy atom. The van der Waals surface area contributed by atoms with Gasteiger partial charge in [0, 0.05) is 12.8 Å². The van der Waals surface area contributed by atoms with Crippen LogP contribution < -0.4 is 20.9 Å². The Labute approximate surface area is 199 Å². The van der Waals surface area contributed by atoms with Crippen LogP contribution in [-0.4, -0.2) is 11.8 Å². The molecular formula is C28H26N4O2. The zero-order valence-corrected chi connectivity index (χ0v) is 18.7. The molecule has 0 heterocycles. The van der Waals surface area contributed by atoms with E-state index in [2.05, 4.69) is 10.9 Å². The molecule has 34 heavy (non-hydrogen) atoms. The highest BCUT2D eigenvalue weighted by Crippen LogP contribution is 2.20. The van der Waals surface area contributed by atoms with Crippen LogP contribution in [0.1, 0.15) is 12.8 Å². The third kappa shape index (κ3) is 6.01. The molecule has 2 amide bonds. The molecule has 0 aliphatic heterocycles. The molecule has 4 aromatic carbocycles. The fourth-order valence-electron chi connectivity index (χ4n) is 3.42. The predicted octanol–water partition coefficient (Wildman–Crippen LogP) is 5.89. The van der Waals surface area contributed by atoms with Crippen LogP contribution in [0.2, 0.25) is 0 Å². The molecule has 0 spiro atoms. The van der Waals surface area contributed by atoms with Gasteiger partial charge in [-0.25, -0.2) is 10.0 Å². The summed E-state index contributed by atoms with van der Waals surface area (Å²) in [6, 6.07) is 37.6. The van der Waals surface area contributed by atoms with Crippen LogP contribution in [0.25, 0.3) is 0 Å². The van der Waals surface area contributed by atoms with Gasteiger partial charge in [-0.3, -0.25) is 20.4 Å². The second-order valence-corrected chi connectivity index (χ2v) is 7.59. The van der Waals surface area contributed by atoms with Crippen molar-refractivity contribution in [2.45, 2.75) is 12.8 Å². The van der Waals surface area contributed by atoms with Crippen LogP contribution in [0.5, 0.6) is 0 Å². The van der Waals surface area contributed by atoms with Gasteiger partial charge in [0.1, 0.15) is 0 Å². The van der Waals surface area contributed by atoms with E-state index in [4.69, 9.17) is 0 Å². The minimum absolute atomic E-state index is 0.0351. The first-order chi connectivity index (χ1) is 16.7. The molecule has 6 nitrogen and oxygen atoms in total. The number of benzene rings is 4. The molecule has 0 unspecified atom stereocenters. The minimum Gasteiger partial charge on any atom is -0.291 e. The van der Waals surface area contributed by atoms with Gasteiger partial charge in [0.15, 0.2) is 0 Å². The highest BCUT2D eigenvalue weighted by molar-refractivity contribution is 6.00. The van der Waals surface area contributed by atoms with E-state index in [0.29, 0.717) is 11.4 Å². The highest BCUT2D eigenvalue weighted by Gasteiger charge is 2.21. The SMILES string of the molecule is O=C(CCC(=O)N(Nc1ccccc1)c1ccccc1)N(Nc1ccccc1)c1ccccc1. The molecule has 0 aliphatic rings. The van der Waals surface area contributed by atoms with Crippen molar-refractivity contribution in [3.8, 4) is 0 Å². The maximum atomic E-state index is 13.2. The maximum absolute atomic E-state index is 13.2. The lowest BCUT2D eigenvalue weighted by Crippen LogP contribution is -2.39. The van der Waals surface area contributed by atoms with E-state index in [-0.39, 0.29) is 24.7 Å². The van der Waals surface area contributed by atoms with Gasteiger partial charge >= 0.3 is 0 Å². The molecule has 0 aliphatic carbocycles. The first-order valence-electron chi connectivity index (χ1n) is 11.1. The summed E-state index contributed by atoms with van der Waals surface area (Å²) in [5, 5.41) is 2.97. The second kappa shape index (κ2) is 11.3. The molecule has 4 aromatic rings. The van der Waals surface area contributed by atoms with E-state index in [9.17, 15) is 9.59 Å². The standard InChI is InChI=1S/C28H26N4O2/c33-27(31(25-17-9-3-10-18-25)29-23-13-5-1-6-14-23)21-22-28(34)32(26-19-11-4-12-20-26)30-24-15-7-2-8-16-24/h1-20,29-30H,21-22H2. The Hall–Kier alpha value is -4.58. The molecule has 0 aromatic heterocycles. The monoisotopic (exact) mass is 450 g/mol. The Morgan fingerprint density at radius 2 is 0.765 bits per heavy atom. The first kappa shape index (κ1) is 22.6. The summed E-state index contributed by atoms with van der Waals surface area (Å²) in [7, 11) is 0. The fourth-order valence-corrected chi connectivity index (χ4v) is 3.42. The van der Waals surface area contributed by atoms with Crippen LogP contribution in [-0.2, 0) is 9.59 Å². The molecule has 0 saturated carbocycles. The van der Waals surface area contributed by atoms with Crippen molar-refractivity contribution in [1.82, 2.24) is 0 Å². The highest BCUT2D eigenvalue weighted by atomic mass is 16.2. The molecule has 0 fully saturated rings. The van der Waals surface area contributed by atoms with E-state index >= 15 is 0 Å². The van der Waals surface area contributed by atoms with Crippen molar-refractivity contribution >= 4 is 34.6 Å². The third-order valence-electron chi connectivity index (χ3n) is 5.11. The Bertz CT molecular complexity index is 1090. The molecule has 0 bridgehead atoms. The van der Waals surface area contributed by atoms with Gasteiger partial charge in [-0.2, -0.15) is 0 Å². The number of hydrogen-bond donors (Lipinski definition) is 2. The van der Waals surface area contributed by atoms with Gasteiger partial charge in [-0.1, -0.05) is 72.8 Å². The second-order valence-electron chi connectivity index (χ2n) is 7.59. The summed E-state index contributed by atoms with van der Waals surface area (Å²) in [5.41, 5.74) is 9.29. The van der Waals surface area contributed by atoms with Crippen LogP contribution in [0, 0.1) is 0 Å². The maximum Gasteiger partial charge on any atom is 0.246 e. The van der Waals surface area contributed by atoms with E-state index < -0.39 is 0 Å². The molecule has 0 saturated heterocycles. The van der Waals surface area contributed by atoms with Gasteiger partial charge in [0.25, 0.3) is 0 Å². The number of carbonyl (C=O) groups is 2. The number of nitrogens with zero attached hydrogens (tertiary/aromatic N) is 2. The molecule has 6 heteroatoms. The molecular weight excluding hydrogens is 424 g/mol. The predicted molar refractivity (Wildman–Crippen MR) is 137 cm³/mol. The minimum atomic E-state index is -0.212. The van der Waals surface area contributed by atoms with E-state index in [1.54, 1.807) is 0 Å². The summed E-state index contributed by atoms with van der Waals surface area (Å²) in [5.74, 6) is -0.424. The smallest absolute Gasteiger partial charge is 0.246 e. The lowest BCUT2D eigenvalue weighted by atomic mass is 10.2. The Balaban J connectivity index is 1.49. The van der Waals surface area contributed by atoms with Gasteiger partial charge in [-0.05, 0) is 48.5 Å². The quantitative estimate of drug-likeness (QED) is 0.312. The largest absolute Gasteiger partial charge is 0.291 e. The summed E-state index contributed by atoms with van der Waals surface area (Å²) in [4.78, 5) is 26.5. The third-order valence-corrected chi connectivity index (χ3v) is 5.11. The van der Waals surface area contributed by atoms with Gasteiger partial charge in [0.2, 0.25) is 11.8 Å². The molecule has 4 rings (SSSR count). The van der Waals surface area contributed by atoms with Crippen molar-refractivity contribution in [1.29, 1.82) is 0 Å². The topological polar surface area (TPSA) is 64.7 Å². The number of amides is 2. The van der Waals surface area contributed by atoms with Gasteiger partial charge in [0.05, 0.1) is 22.7 Å². The Morgan fingerprint density at radius 3 is 1.09 bits per heavy atom. The molecule has 170 valence electrons. The van der Waals surface area contributed by atoms with Crippen molar-refractivity contribution in [2.75, 3.05) is 20.9 Å². The lowest BCUT2D eigenvalue weighted by Gasteiger charge is -2.26. The first-order valence-corrected chi connectivity index (χ1v) is 11.1. The average molecular weight is 451 g/mol. The number of anilines is 4. The molecule has 2 N–H and O–H groups in total. The van der Waals surface area contributed by atoms with Crippen molar-refractivity contribution in [2.24, 2.45) is 0 Å². The fraction of sp³-hybridized carbons (Fsp3) is 0.0714. The van der Waals surface area contributed by atoms with E-state index in [0.717, 1.165) is 11.4 Å². The number of hydrazine groups is 2. The number of para-hydroxylation sites is 4. The molecule has 0 radical (unpaired) electrons. The lowest BCUT2D eigenvalue weighted by molar-refractivity contribution is -0.123.